The molecule has 3 aromatic rings. The molecule has 1 amide bonds. The van der Waals surface area contributed by atoms with Crippen molar-refractivity contribution in [3.8, 4) is 0 Å². The zero-order valence-electron chi connectivity index (χ0n) is 16.3. The van der Waals surface area contributed by atoms with E-state index < -0.39 is 11.7 Å². The molecule has 1 heterocycles. The van der Waals surface area contributed by atoms with Gasteiger partial charge in [-0.05, 0) is 48.2 Å². The lowest BCUT2D eigenvalue weighted by atomic mass is 10.1. The maximum Gasteiger partial charge on any atom is 0.416 e. The minimum Gasteiger partial charge on any atom is -0.355 e. The minimum absolute atomic E-state index is 0.188. The summed E-state index contributed by atoms with van der Waals surface area (Å²) >= 11 is 1.61. The maximum atomic E-state index is 12.7. The molecule has 0 fully saturated rings. The zero-order valence-corrected chi connectivity index (χ0v) is 17.1. The molecule has 0 saturated heterocycles. The molecule has 3 rings (SSSR count). The Hall–Kier alpha value is -3.07. The van der Waals surface area contributed by atoms with E-state index in [0.29, 0.717) is 23.6 Å². The molecule has 0 bridgehead atoms. The van der Waals surface area contributed by atoms with E-state index in [1.54, 1.807) is 23.7 Å². The molecular formula is C21H19F3N4OS. The summed E-state index contributed by atoms with van der Waals surface area (Å²) in [4.78, 5) is 23.5. The van der Waals surface area contributed by atoms with Crippen LogP contribution in [0.3, 0.4) is 0 Å². The highest BCUT2D eigenvalue weighted by atomic mass is 32.2. The van der Waals surface area contributed by atoms with Crippen molar-refractivity contribution in [3.63, 3.8) is 0 Å². The third-order valence-corrected chi connectivity index (χ3v) is 5.07. The third-order valence-electron chi connectivity index (χ3n) is 4.33. The Morgan fingerprint density at radius 3 is 2.33 bits per heavy atom. The average Bonchev–Trinajstić information content (AvgIpc) is 2.74. The van der Waals surface area contributed by atoms with Crippen molar-refractivity contribution in [2.24, 2.45) is 0 Å². The third kappa shape index (κ3) is 5.50. The summed E-state index contributed by atoms with van der Waals surface area (Å²) in [5.41, 5.74) is 0.828. The monoisotopic (exact) mass is 432 g/mol. The summed E-state index contributed by atoms with van der Waals surface area (Å²) in [6.45, 7) is 0.326. The van der Waals surface area contributed by atoms with Gasteiger partial charge >= 0.3 is 6.18 Å². The summed E-state index contributed by atoms with van der Waals surface area (Å²) in [7, 11) is 1.74. The molecule has 0 unspecified atom stereocenters. The van der Waals surface area contributed by atoms with Gasteiger partial charge in [-0.2, -0.15) is 13.2 Å². The second-order valence-electron chi connectivity index (χ2n) is 6.49. The molecule has 0 saturated carbocycles. The van der Waals surface area contributed by atoms with Crippen molar-refractivity contribution in [3.05, 3.63) is 77.7 Å². The molecule has 1 N–H and O–H groups in total. The van der Waals surface area contributed by atoms with E-state index in [1.807, 2.05) is 30.5 Å². The van der Waals surface area contributed by atoms with Gasteiger partial charge in [0.15, 0.2) is 0 Å². The number of aromatic nitrogens is 2. The van der Waals surface area contributed by atoms with Crippen LogP contribution < -0.4 is 10.2 Å². The lowest BCUT2D eigenvalue weighted by Crippen LogP contribution is -2.20. The van der Waals surface area contributed by atoms with E-state index in [0.717, 1.165) is 17.0 Å². The van der Waals surface area contributed by atoms with E-state index in [1.165, 1.54) is 24.5 Å². The van der Waals surface area contributed by atoms with Gasteiger partial charge in [-0.15, -0.1) is 11.8 Å². The molecule has 5 nitrogen and oxygen atoms in total. The number of alkyl halides is 3. The van der Waals surface area contributed by atoms with E-state index in [2.05, 4.69) is 15.3 Å². The van der Waals surface area contributed by atoms with Crippen molar-refractivity contribution < 1.29 is 18.0 Å². The first-order valence-corrected chi connectivity index (χ1v) is 10.1. The first kappa shape index (κ1) is 21.6. The Kier molecular flexibility index (Phi) is 6.61. The van der Waals surface area contributed by atoms with E-state index >= 15 is 0 Å². The Labute approximate surface area is 176 Å². The summed E-state index contributed by atoms with van der Waals surface area (Å²) in [6.07, 6.45) is -1.11. The van der Waals surface area contributed by atoms with E-state index in [4.69, 9.17) is 0 Å². The van der Waals surface area contributed by atoms with E-state index in [-0.39, 0.29) is 11.6 Å². The molecule has 0 aliphatic carbocycles. The highest BCUT2D eigenvalue weighted by molar-refractivity contribution is 7.98. The fourth-order valence-electron chi connectivity index (χ4n) is 2.70. The molecular weight excluding hydrogens is 413 g/mol. The molecule has 0 aliphatic rings. The lowest BCUT2D eigenvalue weighted by molar-refractivity contribution is -0.137. The van der Waals surface area contributed by atoms with Gasteiger partial charge in [-0.25, -0.2) is 9.97 Å². The molecule has 2 aromatic carbocycles. The van der Waals surface area contributed by atoms with Crippen LogP contribution in [0, 0.1) is 0 Å². The molecule has 156 valence electrons. The Bertz CT molecular complexity index is 1010. The second kappa shape index (κ2) is 9.17. The largest absolute Gasteiger partial charge is 0.416 e. The number of halogens is 3. The van der Waals surface area contributed by atoms with Gasteiger partial charge in [-0.1, -0.05) is 12.1 Å². The van der Waals surface area contributed by atoms with Crippen molar-refractivity contribution in [1.82, 2.24) is 9.97 Å². The number of thioether (sulfide) groups is 1. The Morgan fingerprint density at radius 2 is 1.73 bits per heavy atom. The minimum atomic E-state index is -4.37. The van der Waals surface area contributed by atoms with Crippen molar-refractivity contribution >= 4 is 29.2 Å². The van der Waals surface area contributed by atoms with Gasteiger partial charge in [0.25, 0.3) is 5.91 Å². The summed E-state index contributed by atoms with van der Waals surface area (Å²) in [6, 6.07) is 13.9. The average molecular weight is 432 g/mol. The standard InChI is InChI=1S/C21H19F3N4OS/c1-28(12-14-3-5-15(6-4-14)21(22,23)24)19-11-18(25-13-26-19)20(29)27-16-7-9-17(30-2)10-8-16/h3-11,13H,12H2,1-2H3,(H,27,29). The van der Waals surface area contributed by atoms with Crippen LogP contribution in [0.2, 0.25) is 0 Å². The van der Waals surface area contributed by atoms with Crippen molar-refractivity contribution in [2.45, 2.75) is 17.6 Å². The number of rotatable bonds is 6. The number of hydrogen-bond acceptors (Lipinski definition) is 5. The summed E-state index contributed by atoms with van der Waals surface area (Å²) < 4.78 is 38.1. The van der Waals surface area contributed by atoms with Gasteiger partial charge in [-0.3, -0.25) is 4.79 Å². The van der Waals surface area contributed by atoms with Crippen LogP contribution in [0.5, 0.6) is 0 Å². The quantitative estimate of drug-likeness (QED) is 0.549. The number of anilines is 2. The van der Waals surface area contributed by atoms with Gasteiger partial charge in [0.2, 0.25) is 0 Å². The maximum absolute atomic E-state index is 12.7. The summed E-state index contributed by atoms with van der Waals surface area (Å²) in [5, 5.41) is 2.78. The summed E-state index contributed by atoms with van der Waals surface area (Å²) in [5.74, 6) is 0.103. The van der Waals surface area contributed by atoms with E-state index in [9.17, 15) is 18.0 Å². The van der Waals surface area contributed by atoms with Gasteiger partial charge in [0.05, 0.1) is 5.56 Å². The van der Waals surface area contributed by atoms with Crippen LogP contribution in [0.15, 0.2) is 65.8 Å². The fraction of sp³-hybridized carbons (Fsp3) is 0.190. The number of nitrogens with zero attached hydrogens (tertiary/aromatic N) is 3. The van der Waals surface area contributed by atoms with Gasteiger partial charge in [0.1, 0.15) is 17.8 Å². The molecule has 1 aromatic heterocycles. The highest BCUT2D eigenvalue weighted by Crippen LogP contribution is 2.29. The van der Waals surface area contributed by atoms with Crippen LogP contribution in [0.1, 0.15) is 21.6 Å². The topological polar surface area (TPSA) is 58.1 Å². The smallest absolute Gasteiger partial charge is 0.355 e. The fourth-order valence-corrected chi connectivity index (χ4v) is 3.11. The number of nitrogens with one attached hydrogen (secondary N) is 1. The lowest BCUT2D eigenvalue weighted by Gasteiger charge is -2.19. The number of amides is 1. The van der Waals surface area contributed by atoms with Crippen molar-refractivity contribution in [1.29, 1.82) is 0 Å². The van der Waals surface area contributed by atoms with Crippen LogP contribution in [0.25, 0.3) is 0 Å². The predicted molar refractivity (Wildman–Crippen MR) is 112 cm³/mol. The molecule has 0 spiro atoms. The first-order chi connectivity index (χ1) is 14.3. The van der Waals surface area contributed by atoms with Crippen LogP contribution in [-0.4, -0.2) is 29.2 Å². The highest BCUT2D eigenvalue weighted by Gasteiger charge is 2.29. The first-order valence-electron chi connectivity index (χ1n) is 8.91. The van der Waals surface area contributed by atoms with Crippen LogP contribution in [-0.2, 0) is 12.7 Å². The predicted octanol–water partition coefficient (Wildman–Crippen LogP) is 5.11. The molecule has 0 atom stereocenters. The van der Waals surface area contributed by atoms with Crippen molar-refractivity contribution in [2.75, 3.05) is 23.5 Å². The SMILES string of the molecule is CSc1ccc(NC(=O)c2cc(N(C)Cc3ccc(C(F)(F)F)cc3)ncn2)cc1. The Balaban J connectivity index is 1.68. The number of benzene rings is 2. The molecule has 30 heavy (non-hydrogen) atoms. The van der Waals surface area contributed by atoms with Gasteiger partial charge in [0, 0.05) is 30.2 Å². The number of carbonyl (C=O) groups excluding carboxylic acids is 1. The second-order valence-corrected chi connectivity index (χ2v) is 7.37. The number of carbonyl (C=O) groups is 1. The zero-order chi connectivity index (χ0) is 21.7. The normalized spacial score (nSPS) is 11.2. The molecule has 0 aliphatic heterocycles. The molecule has 0 radical (unpaired) electrons. The van der Waals surface area contributed by atoms with Crippen LogP contribution in [0.4, 0.5) is 24.7 Å². The Morgan fingerprint density at radius 1 is 1.07 bits per heavy atom. The number of hydrogen-bond donors (Lipinski definition) is 1. The van der Waals surface area contributed by atoms with Crippen LogP contribution >= 0.6 is 11.8 Å². The molecule has 9 heteroatoms. The van der Waals surface area contributed by atoms with Gasteiger partial charge < -0.3 is 10.2 Å².